The molecule has 0 fully saturated rings. The monoisotopic (exact) mass is 1280 g/mol. The Labute approximate surface area is 535 Å². The highest BCUT2D eigenvalue weighted by Crippen LogP contribution is 2.69. The van der Waals surface area contributed by atoms with E-state index in [4.69, 9.17) is 94.7 Å². The first-order chi connectivity index (χ1) is 44.7. The van der Waals surface area contributed by atoms with Gasteiger partial charge in [0, 0.05) is 21.7 Å². The van der Waals surface area contributed by atoms with Crippen LogP contribution in [-0.2, 0) is 97.7 Å². The molecule has 12 rings (SSSR count). The normalized spacial score (nSPS) is 28.1. The Morgan fingerprint density at radius 1 is 0.250 bits per heavy atom. The van der Waals surface area contributed by atoms with Crippen molar-refractivity contribution in [2.45, 2.75) is 49.4 Å². The summed E-state index contributed by atoms with van der Waals surface area (Å²) in [6.45, 7) is 11.4. The molecule has 8 aliphatic rings. The van der Waals surface area contributed by atoms with Gasteiger partial charge in [-0.15, -0.1) is 0 Å². The van der Waals surface area contributed by atoms with Crippen molar-refractivity contribution in [2.24, 2.45) is 23.7 Å². The third-order valence-electron chi connectivity index (χ3n) is 19.2. The minimum atomic E-state index is -1.27. The minimum absolute atomic E-state index is 0.0928. The summed E-state index contributed by atoms with van der Waals surface area (Å²) in [6, 6.07) is 15.0. The van der Waals surface area contributed by atoms with Gasteiger partial charge in [0.15, 0.2) is 46.0 Å². The fourth-order valence-electron chi connectivity index (χ4n) is 14.8. The first kappa shape index (κ1) is 66.3. The molecule has 2 heterocycles. The van der Waals surface area contributed by atoms with Gasteiger partial charge in [-0.05, 0) is 93.0 Å². The van der Waals surface area contributed by atoms with Crippen molar-refractivity contribution in [3.63, 3.8) is 0 Å². The second-order valence-electron chi connectivity index (χ2n) is 23.9. The zero-order chi connectivity index (χ0) is 64.6. The summed E-state index contributed by atoms with van der Waals surface area (Å²) in [4.78, 5) is 58.1. The molecule has 0 saturated heterocycles. The molecule has 0 N–H and O–H groups in total. The quantitative estimate of drug-likeness (QED) is 0.177. The van der Waals surface area contributed by atoms with Gasteiger partial charge in [0.2, 0.25) is 0 Å². The van der Waals surface area contributed by atoms with Crippen LogP contribution in [0.3, 0.4) is 0 Å². The van der Waals surface area contributed by atoms with Crippen LogP contribution in [0.5, 0.6) is 46.0 Å². The van der Waals surface area contributed by atoms with E-state index in [2.05, 4.69) is 0 Å². The van der Waals surface area contributed by atoms with Gasteiger partial charge in [0.05, 0.1) is 158 Å². The van der Waals surface area contributed by atoms with Gasteiger partial charge in [-0.25, -0.2) is 0 Å². The molecule has 24 nitrogen and oxygen atoms in total. The number of ether oxygens (including phenoxy) is 20. The molecular formula is C68H84O24. The highest BCUT2D eigenvalue weighted by Gasteiger charge is 2.69. The SMILES string of the molecule is COC(=O)C1C(C(=O)OC)C2(C)c3cc4c5cc3C1(C)c1cc3c(cc12)OCCOCCOCCOc1cc2c(cc1OCCOCCOCCO3)C1(C)c3cc(c(cc3C2(C)C(C(=O)OC)C1C(=O)OC)OCCOCCOCCO4)OCCOCCOCCO5. The van der Waals surface area contributed by atoms with Gasteiger partial charge in [-0.3, -0.25) is 19.2 Å². The van der Waals surface area contributed by atoms with Gasteiger partial charge >= 0.3 is 23.9 Å². The molecule has 4 atom stereocenters. The summed E-state index contributed by atoms with van der Waals surface area (Å²) in [5.74, 6) is -3.87. The van der Waals surface area contributed by atoms with E-state index in [1.165, 1.54) is 28.4 Å². The second kappa shape index (κ2) is 29.0. The fraction of sp³-hybridized carbons (Fsp3) is 0.588. The molecule has 4 unspecified atom stereocenters. The van der Waals surface area contributed by atoms with Crippen molar-refractivity contribution in [1.29, 1.82) is 0 Å². The first-order valence-electron chi connectivity index (χ1n) is 31.4. The van der Waals surface area contributed by atoms with Gasteiger partial charge in [0.25, 0.3) is 0 Å². The molecule has 6 aliphatic carbocycles. The van der Waals surface area contributed by atoms with Crippen LogP contribution in [-0.4, -0.2) is 211 Å². The van der Waals surface area contributed by atoms with Crippen LogP contribution in [0.1, 0.15) is 72.2 Å². The molecule has 4 aromatic rings. The average Bonchev–Trinajstić information content (AvgIpc) is 0.670. The predicted octanol–water partition coefficient (Wildman–Crippen LogP) is 5.63. The Balaban J connectivity index is 1.02. The number of methoxy groups -OCH3 is 4. The maximum Gasteiger partial charge on any atom is 0.310 e. The molecule has 0 amide bonds. The topological polar surface area (TPSA) is 253 Å². The van der Waals surface area contributed by atoms with Crippen LogP contribution < -0.4 is 37.9 Å². The average molecular weight is 1290 g/mol. The van der Waals surface area contributed by atoms with Gasteiger partial charge in [0.1, 0.15) is 52.9 Å². The van der Waals surface area contributed by atoms with Gasteiger partial charge in [-0.1, -0.05) is 27.7 Å². The number of benzene rings is 4. The highest BCUT2D eigenvalue weighted by atomic mass is 16.6. The molecule has 0 spiro atoms. The first-order valence-corrected chi connectivity index (χ1v) is 31.4. The van der Waals surface area contributed by atoms with E-state index in [1.807, 2.05) is 76.2 Å². The van der Waals surface area contributed by atoms with Crippen LogP contribution in [0.25, 0.3) is 0 Å². The summed E-state index contributed by atoms with van der Waals surface area (Å²) in [6.07, 6.45) is 0. The van der Waals surface area contributed by atoms with Crippen molar-refractivity contribution in [2.75, 3.05) is 187 Å². The lowest BCUT2D eigenvalue weighted by atomic mass is 9.42. The van der Waals surface area contributed by atoms with Crippen LogP contribution in [0.4, 0.5) is 0 Å². The lowest BCUT2D eigenvalue weighted by Gasteiger charge is -2.59. The number of rotatable bonds is 4. The standard InChI is InChI=1S/C68H84O24/c1-65-41-33-49-51-35-43(41)66(2,58(62(70)74-6)57(65)61(69)73-5)44-36-52-50(34-42(44)65)86-26-18-78-10-12-82-22-30-90-54-38-46-48(40-56(54)92-32-24-84-16-14-80-20-28-88-52)68(4)47-39-55(91-31-23-83-15-13-79-19-27-87-51)53(89-29-21-81-11-9-77-17-25-85-49)37-45(47)67(46,3)59(63(71)75-7)60(68)64(72)76-8/h33-40,57-60H,9-32H2,1-8H3. The van der Waals surface area contributed by atoms with Gasteiger partial charge in [-0.2, -0.15) is 0 Å². The molecule has 0 radical (unpaired) electrons. The Bertz CT molecular complexity index is 2720. The maximum absolute atomic E-state index is 14.5. The Kier molecular flexibility index (Phi) is 20.9. The van der Waals surface area contributed by atoms with Gasteiger partial charge < -0.3 is 94.7 Å². The molecule has 500 valence electrons. The summed E-state index contributed by atoms with van der Waals surface area (Å²) in [7, 11) is 5.23. The number of hydrogen-bond acceptors (Lipinski definition) is 24. The Morgan fingerprint density at radius 2 is 0.370 bits per heavy atom. The number of carbonyl (C=O) groups is 4. The molecule has 24 heteroatoms. The van der Waals surface area contributed by atoms with Crippen molar-refractivity contribution in [3.05, 3.63) is 93.0 Å². The number of carbonyl (C=O) groups excluding carboxylic acids is 4. The van der Waals surface area contributed by atoms with E-state index < -0.39 is 69.2 Å². The van der Waals surface area contributed by atoms with Crippen molar-refractivity contribution in [1.82, 2.24) is 0 Å². The largest absolute Gasteiger partial charge is 0.487 e. The number of hydrogen-bond donors (Lipinski definition) is 0. The molecule has 0 saturated carbocycles. The van der Waals surface area contributed by atoms with E-state index in [9.17, 15) is 19.2 Å². The van der Waals surface area contributed by atoms with E-state index >= 15 is 0 Å². The third kappa shape index (κ3) is 12.2. The smallest absolute Gasteiger partial charge is 0.310 e. The molecule has 0 aromatic heterocycles. The van der Waals surface area contributed by atoms with Crippen molar-refractivity contribution >= 4 is 23.9 Å². The van der Waals surface area contributed by atoms with Crippen molar-refractivity contribution < 1.29 is 114 Å². The van der Waals surface area contributed by atoms with E-state index in [1.54, 1.807) is 0 Å². The highest BCUT2D eigenvalue weighted by molar-refractivity contribution is 5.92. The van der Waals surface area contributed by atoms with Crippen LogP contribution >= 0.6 is 0 Å². The van der Waals surface area contributed by atoms with Crippen LogP contribution in [0.15, 0.2) is 48.5 Å². The summed E-state index contributed by atoms with van der Waals surface area (Å²) >= 11 is 0. The lowest BCUT2D eigenvalue weighted by molar-refractivity contribution is -0.165. The number of fused-ring (bicyclic) bond motifs is 6. The van der Waals surface area contributed by atoms with Crippen LogP contribution in [0, 0.1) is 23.7 Å². The summed E-state index contributed by atoms with van der Waals surface area (Å²) < 4.78 is 123. The fourth-order valence-corrected chi connectivity index (χ4v) is 14.8. The van der Waals surface area contributed by atoms with Crippen LogP contribution in [0.2, 0.25) is 0 Å². The zero-order valence-electron chi connectivity index (χ0n) is 53.7. The van der Waals surface area contributed by atoms with Crippen molar-refractivity contribution in [3.8, 4) is 46.0 Å². The lowest BCUT2D eigenvalue weighted by Crippen LogP contribution is -2.62. The maximum atomic E-state index is 14.5. The molecule has 92 heavy (non-hydrogen) atoms. The molecule has 2 aliphatic heterocycles. The summed E-state index contributed by atoms with van der Waals surface area (Å²) in [5, 5.41) is 0. The van der Waals surface area contributed by atoms with E-state index in [0.29, 0.717) is 90.5 Å². The Hall–Kier alpha value is -7.16. The number of esters is 4. The third-order valence-corrected chi connectivity index (χ3v) is 19.2. The second-order valence-corrected chi connectivity index (χ2v) is 23.9. The van der Waals surface area contributed by atoms with E-state index in [-0.39, 0.29) is 159 Å². The molecule has 4 bridgehead atoms. The molecular weight excluding hydrogens is 1200 g/mol. The predicted molar refractivity (Wildman–Crippen MR) is 324 cm³/mol. The minimum Gasteiger partial charge on any atom is -0.487 e. The van der Waals surface area contributed by atoms with E-state index in [0.717, 1.165) is 0 Å². The zero-order valence-corrected chi connectivity index (χ0v) is 53.7. The molecule has 4 aromatic carbocycles. The Morgan fingerprint density at radius 3 is 0.489 bits per heavy atom. The summed E-state index contributed by atoms with van der Waals surface area (Å²) in [5.41, 5.74) is 0.507.